The van der Waals surface area contributed by atoms with E-state index in [0.717, 1.165) is 23.1 Å². The Labute approximate surface area is 175 Å². The van der Waals surface area contributed by atoms with E-state index in [1.165, 1.54) is 11.3 Å². The first-order chi connectivity index (χ1) is 14.7. The van der Waals surface area contributed by atoms with Crippen LogP contribution in [0, 0.1) is 0 Å². The third-order valence-corrected chi connectivity index (χ3v) is 5.80. The lowest BCUT2D eigenvalue weighted by Gasteiger charge is -2.09. The van der Waals surface area contributed by atoms with Crippen molar-refractivity contribution in [3.63, 3.8) is 0 Å². The molecule has 0 spiro atoms. The molecule has 30 heavy (non-hydrogen) atoms. The van der Waals surface area contributed by atoms with Gasteiger partial charge in [-0.15, -0.1) is 11.3 Å². The minimum Gasteiger partial charge on any atom is -0.424 e. The van der Waals surface area contributed by atoms with Gasteiger partial charge in [-0.1, -0.05) is 30.3 Å². The van der Waals surface area contributed by atoms with Crippen molar-refractivity contribution in [2.45, 2.75) is 18.9 Å². The van der Waals surface area contributed by atoms with Crippen molar-refractivity contribution in [3.8, 4) is 27.6 Å². The fourth-order valence-corrected chi connectivity index (χ4v) is 4.22. The molecule has 2 aromatic heterocycles. The topological polar surface area (TPSA) is 78.6 Å². The molecule has 0 radical (unpaired) electrons. The summed E-state index contributed by atoms with van der Waals surface area (Å²) >= 11 is 1.39. The minimum atomic E-state index is -0.529. The van der Waals surface area contributed by atoms with Gasteiger partial charge >= 0.3 is 11.6 Å². The molecule has 150 valence electrons. The molecule has 0 bridgehead atoms. The summed E-state index contributed by atoms with van der Waals surface area (Å²) in [6, 6.07) is 16.5. The fourth-order valence-electron chi connectivity index (χ4n) is 3.39. The molecule has 4 aromatic rings. The number of benzene rings is 2. The van der Waals surface area contributed by atoms with E-state index in [4.69, 9.17) is 13.9 Å². The lowest BCUT2D eigenvalue weighted by atomic mass is 10.1. The average Bonchev–Trinajstić information content (AvgIpc) is 3.46. The van der Waals surface area contributed by atoms with Crippen LogP contribution in [0.1, 0.15) is 12.8 Å². The zero-order valence-corrected chi connectivity index (χ0v) is 16.7. The Kier molecular flexibility index (Phi) is 4.90. The van der Waals surface area contributed by atoms with Crippen molar-refractivity contribution >= 4 is 28.3 Å². The van der Waals surface area contributed by atoms with Gasteiger partial charge in [0.25, 0.3) is 0 Å². The molecule has 3 heterocycles. The number of thiazole rings is 1. The summed E-state index contributed by atoms with van der Waals surface area (Å²) in [6.07, 6.45) is 0.973. The van der Waals surface area contributed by atoms with Crippen LogP contribution in [0.15, 0.2) is 69.2 Å². The Morgan fingerprint density at radius 2 is 2.00 bits per heavy atom. The number of carbonyl (C=O) groups is 1. The Balaban J connectivity index is 1.44. The van der Waals surface area contributed by atoms with Crippen LogP contribution < -0.4 is 10.4 Å². The van der Waals surface area contributed by atoms with Crippen LogP contribution in [0.4, 0.5) is 0 Å². The van der Waals surface area contributed by atoms with E-state index in [1.54, 1.807) is 24.3 Å². The molecule has 5 rings (SSSR count). The number of fused-ring (bicyclic) bond motifs is 1. The van der Waals surface area contributed by atoms with E-state index in [1.807, 2.05) is 35.7 Å². The van der Waals surface area contributed by atoms with Gasteiger partial charge in [-0.05, 0) is 31.0 Å². The average molecular weight is 419 g/mol. The maximum absolute atomic E-state index is 12.6. The first kappa shape index (κ1) is 18.7. The normalized spacial score (nSPS) is 16.1. The molecular weight excluding hydrogens is 402 g/mol. The van der Waals surface area contributed by atoms with Gasteiger partial charge in [0, 0.05) is 29.0 Å². The fraction of sp³-hybridized carbons (Fsp3) is 0.174. The van der Waals surface area contributed by atoms with E-state index in [0.29, 0.717) is 34.9 Å². The monoisotopic (exact) mass is 419 g/mol. The number of hydrogen-bond acceptors (Lipinski definition) is 7. The lowest BCUT2D eigenvalue weighted by Crippen LogP contribution is -2.24. The summed E-state index contributed by atoms with van der Waals surface area (Å²) in [5.74, 6) is -0.110. The highest BCUT2D eigenvalue weighted by atomic mass is 32.1. The van der Waals surface area contributed by atoms with Gasteiger partial charge in [0.05, 0.1) is 11.3 Å². The summed E-state index contributed by atoms with van der Waals surface area (Å²) < 4.78 is 16.2. The van der Waals surface area contributed by atoms with Crippen molar-refractivity contribution in [1.29, 1.82) is 0 Å². The molecule has 0 N–H and O–H groups in total. The van der Waals surface area contributed by atoms with Crippen LogP contribution in [0.3, 0.4) is 0 Å². The van der Waals surface area contributed by atoms with Crippen LogP contribution in [-0.2, 0) is 9.53 Å². The van der Waals surface area contributed by atoms with E-state index in [-0.39, 0.29) is 0 Å². The molecule has 1 aliphatic rings. The molecule has 1 atom stereocenters. The Bertz CT molecular complexity index is 1270. The Hall–Kier alpha value is -3.29. The standard InChI is InChI=1S/C23H17NO5S/c25-22-17(21-24-18(13-30-21)14-5-2-1-3-6-14)11-15-8-9-16(12-20(15)29-22)28-23(26)19-7-4-10-27-19/h1-3,5-6,8-9,11-13,19H,4,7,10H2. The number of nitrogens with zero attached hydrogens (tertiary/aromatic N) is 1. The number of hydrogen-bond donors (Lipinski definition) is 0. The third kappa shape index (κ3) is 3.65. The number of carbonyl (C=O) groups excluding carboxylic acids is 1. The number of ether oxygens (including phenoxy) is 2. The molecular formula is C23H17NO5S. The highest BCUT2D eigenvalue weighted by molar-refractivity contribution is 7.13. The Morgan fingerprint density at radius 1 is 1.13 bits per heavy atom. The van der Waals surface area contributed by atoms with Crippen molar-refractivity contribution in [3.05, 3.63) is 70.4 Å². The van der Waals surface area contributed by atoms with E-state index in [2.05, 4.69) is 4.98 Å². The van der Waals surface area contributed by atoms with E-state index >= 15 is 0 Å². The summed E-state index contributed by atoms with van der Waals surface area (Å²) in [5, 5.41) is 3.23. The van der Waals surface area contributed by atoms with Crippen molar-refractivity contribution < 1.29 is 18.7 Å². The van der Waals surface area contributed by atoms with Gasteiger partial charge in [-0.25, -0.2) is 14.6 Å². The van der Waals surface area contributed by atoms with Crippen LogP contribution in [0.2, 0.25) is 0 Å². The molecule has 6 nitrogen and oxygen atoms in total. The second-order valence-electron chi connectivity index (χ2n) is 6.97. The molecule has 1 aliphatic heterocycles. The first-order valence-corrected chi connectivity index (χ1v) is 10.5. The molecule has 1 unspecified atom stereocenters. The predicted molar refractivity (Wildman–Crippen MR) is 114 cm³/mol. The summed E-state index contributed by atoms with van der Waals surface area (Å²) in [6.45, 7) is 0.567. The predicted octanol–water partition coefficient (Wildman–Crippen LogP) is 4.67. The van der Waals surface area contributed by atoms with Crippen molar-refractivity contribution in [1.82, 2.24) is 4.98 Å². The maximum Gasteiger partial charge on any atom is 0.346 e. The third-order valence-electron chi connectivity index (χ3n) is 4.92. The molecule has 0 amide bonds. The van der Waals surface area contributed by atoms with Gasteiger partial charge < -0.3 is 13.9 Å². The van der Waals surface area contributed by atoms with Gasteiger partial charge in [0.1, 0.15) is 16.3 Å². The van der Waals surface area contributed by atoms with Gasteiger partial charge in [-0.3, -0.25) is 0 Å². The quantitative estimate of drug-likeness (QED) is 0.272. The molecule has 1 fully saturated rings. The first-order valence-electron chi connectivity index (χ1n) is 9.60. The summed E-state index contributed by atoms with van der Waals surface area (Å²) in [5.41, 5.74) is 2.06. The van der Waals surface area contributed by atoms with Crippen LogP contribution >= 0.6 is 11.3 Å². The lowest BCUT2D eigenvalue weighted by molar-refractivity contribution is -0.144. The number of aromatic nitrogens is 1. The van der Waals surface area contributed by atoms with Crippen molar-refractivity contribution in [2.24, 2.45) is 0 Å². The second-order valence-corrected chi connectivity index (χ2v) is 7.83. The zero-order valence-electron chi connectivity index (χ0n) is 15.9. The number of rotatable bonds is 4. The van der Waals surface area contributed by atoms with Crippen molar-refractivity contribution in [2.75, 3.05) is 6.61 Å². The smallest absolute Gasteiger partial charge is 0.346 e. The second kappa shape index (κ2) is 7.85. The highest BCUT2D eigenvalue weighted by Crippen LogP contribution is 2.30. The SMILES string of the molecule is O=C(Oc1ccc2cc(-c3nc(-c4ccccc4)cs3)c(=O)oc2c1)C1CCCO1. The van der Waals surface area contributed by atoms with E-state index in [9.17, 15) is 9.59 Å². The van der Waals surface area contributed by atoms with Crippen LogP contribution in [-0.4, -0.2) is 23.7 Å². The van der Waals surface area contributed by atoms with E-state index < -0.39 is 17.7 Å². The van der Waals surface area contributed by atoms with Gasteiger partial charge in [0.2, 0.25) is 0 Å². The summed E-state index contributed by atoms with van der Waals surface area (Å²) in [4.78, 5) is 29.3. The molecule has 1 saturated heterocycles. The largest absolute Gasteiger partial charge is 0.424 e. The number of esters is 1. The van der Waals surface area contributed by atoms with Gasteiger partial charge in [-0.2, -0.15) is 0 Å². The highest BCUT2D eigenvalue weighted by Gasteiger charge is 2.25. The van der Waals surface area contributed by atoms with Crippen LogP contribution in [0.5, 0.6) is 5.75 Å². The van der Waals surface area contributed by atoms with Gasteiger partial charge in [0.15, 0.2) is 6.10 Å². The summed E-state index contributed by atoms with van der Waals surface area (Å²) in [7, 11) is 0. The Morgan fingerprint density at radius 3 is 2.80 bits per heavy atom. The molecule has 0 saturated carbocycles. The zero-order chi connectivity index (χ0) is 20.5. The molecule has 7 heteroatoms. The van der Waals surface area contributed by atoms with Crippen LogP contribution in [0.25, 0.3) is 32.8 Å². The minimum absolute atomic E-state index is 0.319. The molecule has 0 aliphatic carbocycles. The maximum atomic E-state index is 12.6. The molecule has 2 aromatic carbocycles.